The van der Waals surface area contributed by atoms with Crippen molar-refractivity contribution < 1.29 is 9.53 Å². The molecule has 0 spiro atoms. The second-order valence-corrected chi connectivity index (χ2v) is 6.40. The van der Waals surface area contributed by atoms with Crippen LogP contribution in [0.5, 0.6) is 0 Å². The number of hydrogen-bond donors (Lipinski definition) is 1. The lowest BCUT2D eigenvalue weighted by Gasteiger charge is -2.37. The van der Waals surface area contributed by atoms with Gasteiger partial charge in [-0.3, -0.25) is 0 Å². The second kappa shape index (κ2) is 6.05. The Morgan fingerprint density at radius 1 is 1.05 bits per heavy atom. The summed E-state index contributed by atoms with van der Waals surface area (Å²) in [7, 11) is 0. The van der Waals surface area contributed by atoms with E-state index in [0.717, 1.165) is 14.7 Å². The Kier molecular flexibility index (Phi) is 4.14. The van der Waals surface area contributed by atoms with E-state index in [0.29, 0.717) is 0 Å². The van der Waals surface area contributed by atoms with Gasteiger partial charge >= 0.3 is 6.09 Å². The summed E-state index contributed by atoms with van der Waals surface area (Å²) in [5.41, 5.74) is 2.18. The predicted molar refractivity (Wildman–Crippen MR) is 89.9 cm³/mol. The molecule has 0 bridgehead atoms. The first-order valence-corrected chi connectivity index (χ1v) is 8.01. The Morgan fingerprint density at radius 2 is 1.71 bits per heavy atom. The molecular formula is C17H16INO2. The van der Waals surface area contributed by atoms with Gasteiger partial charge in [-0.15, -0.1) is 0 Å². The summed E-state index contributed by atoms with van der Waals surface area (Å²) in [6.45, 7) is 2.12. The van der Waals surface area contributed by atoms with E-state index in [4.69, 9.17) is 4.74 Å². The van der Waals surface area contributed by atoms with E-state index in [1.807, 2.05) is 42.5 Å². The monoisotopic (exact) mass is 393 g/mol. The summed E-state index contributed by atoms with van der Waals surface area (Å²) in [6, 6.07) is 18.0. The van der Waals surface area contributed by atoms with Gasteiger partial charge in [0.15, 0.2) is 0 Å². The van der Waals surface area contributed by atoms with Crippen molar-refractivity contribution in [2.75, 3.05) is 0 Å². The van der Waals surface area contributed by atoms with Gasteiger partial charge in [0.05, 0.1) is 6.04 Å². The number of halogens is 1. The molecule has 0 radical (unpaired) electrons. The molecule has 2 aromatic rings. The van der Waals surface area contributed by atoms with Crippen LogP contribution in [0, 0.1) is 9.49 Å². The predicted octanol–water partition coefficient (Wildman–Crippen LogP) is 4.45. The lowest BCUT2D eigenvalue weighted by atomic mass is 9.86. The normalized spacial score (nSPS) is 25.0. The fourth-order valence-electron chi connectivity index (χ4n) is 2.79. The number of carbonyl (C=O) groups excluding carboxylic acids is 1. The van der Waals surface area contributed by atoms with Gasteiger partial charge in [0.2, 0.25) is 0 Å². The largest absolute Gasteiger partial charge is 0.441 e. The van der Waals surface area contributed by atoms with Crippen LogP contribution in [-0.4, -0.2) is 6.09 Å². The molecule has 2 aromatic carbocycles. The van der Waals surface area contributed by atoms with Crippen LogP contribution in [0.25, 0.3) is 0 Å². The highest BCUT2D eigenvalue weighted by Crippen LogP contribution is 2.39. The molecule has 3 rings (SSSR count). The van der Waals surface area contributed by atoms with Crippen molar-refractivity contribution in [2.45, 2.75) is 19.1 Å². The van der Waals surface area contributed by atoms with Crippen molar-refractivity contribution in [2.24, 2.45) is 5.92 Å². The molecule has 1 heterocycles. The van der Waals surface area contributed by atoms with Crippen LogP contribution in [0.15, 0.2) is 54.6 Å². The van der Waals surface area contributed by atoms with Crippen molar-refractivity contribution in [1.82, 2.24) is 5.32 Å². The van der Waals surface area contributed by atoms with Gasteiger partial charge in [0.1, 0.15) is 6.10 Å². The third kappa shape index (κ3) is 2.90. The minimum atomic E-state index is -0.355. The van der Waals surface area contributed by atoms with Crippen LogP contribution in [0.2, 0.25) is 0 Å². The zero-order valence-electron chi connectivity index (χ0n) is 11.6. The second-order valence-electron chi connectivity index (χ2n) is 5.24. The van der Waals surface area contributed by atoms with Crippen LogP contribution in [-0.2, 0) is 4.74 Å². The van der Waals surface area contributed by atoms with Crippen LogP contribution in [0.1, 0.15) is 30.2 Å². The highest BCUT2D eigenvalue weighted by Gasteiger charge is 2.37. The minimum Gasteiger partial charge on any atom is -0.441 e. The van der Waals surface area contributed by atoms with Crippen LogP contribution in [0.3, 0.4) is 0 Å². The van der Waals surface area contributed by atoms with Gasteiger partial charge in [0.25, 0.3) is 0 Å². The van der Waals surface area contributed by atoms with Crippen LogP contribution < -0.4 is 5.32 Å². The molecule has 1 saturated heterocycles. The molecule has 4 heteroatoms. The average Bonchev–Trinajstić information content (AvgIpc) is 2.51. The summed E-state index contributed by atoms with van der Waals surface area (Å²) in [6.07, 6.45) is -0.576. The standard InChI is InChI=1S/C17H16INO2/c1-11-15(13-9-5-6-10-14(13)18)19-17(20)21-16(11)12-7-3-2-4-8-12/h2-11,15-16H,1H3,(H,19,20)/t11-,15-,16+/m0/s1. The summed E-state index contributed by atoms with van der Waals surface area (Å²) < 4.78 is 6.68. The lowest BCUT2D eigenvalue weighted by Crippen LogP contribution is -2.42. The molecule has 3 atom stereocenters. The van der Waals surface area contributed by atoms with E-state index in [1.165, 1.54) is 0 Å². The van der Waals surface area contributed by atoms with E-state index in [9.17, 15) is 4.79 Å². The molecule has 1 aliphatic heterocycles. The number of ether oxygens (including phenoxy) is 1. The molecule has 21 heavy (non-hydrogen) atoms. The maximum absolute atomic E-state index is 12.0. The Labute approximate surface area is 137 Å². The van der Waals surface area contributed by atoms with Crippen molar-refractivity contribution >= 4 is 28.7 Å². The Morgan fingerprint density at radius 3 is 2.43 bits per heavy atom. The first kappa shape index (κ1) is 14.4. The summed E-state index contributed by atoms with van der Waals surface area (Å²) in [4.78, 5) is 12.0. The number of nitrogens with one attached hydrogen (secondary N) is 1. The zero-order chi connectivity index (χ0) is 14.8. The highest BCUT2D eigenvalue weighted by molar-refractivity contribution is 14.1. The maximum atomic E-state index is 12.0. The van der Waals surface area contributed by atoms with E-state index < -0.39 is 0 Å². The molecule has 0 unspecified atom stereocenters. The highest BCUT2D eigenvalue weighted by atomic mass is 127. The van der Waals surface area contributed by atoms with Crippen molar-refractivity contribution in [1.29, 1.82) is 0 Å². The molecule has 108 valence electrons. The van der Waals surface area contributed by atoms with Crippen molar-refractivity contribution in [3.05, 3.63) is 69.3 Å². The third-order valence-electron chi connectivity index (χ3n) is 3.88. The third-order valence-corrected chi connectivity index (χ3v) is 4.86. The van der Waals surface area contributed by atoms with E-state index in [-0.39, 0.29) is 24.2 Å². The molecule has 3 nitrogen and oxygen atoms in total. The number of cyclic esters (lactones) is 1. The zero-order valence-corrected chi connectivity index (χ0v) is 13.8. The first-order valence-electron chi connectivity index (χ1n) is 6.93. The van der Waals surface area contributed by atoms with Gasteiger partial charge in [-0.1, -0.05) is 55.5 Å². The molecule has 0 saturated carbocycles. The fourth-order valence-corrected chi connectivity index (χ4v) is 3.52. The van der Waals surface area contributed by atoms with Crippen molar-refractivity contribution in [3.63, 3.8) is 0 Å². The molecular weight excluding hydrogens is 377 g/mol. The molecule has 0 aromatic heterocycles. The van der Waals surface area contributed by atoms with E-state index >= 15 is 0 Å². The first-order chi connectivity index (χ1) is 10.2. The fraction of sp³-hybridized carbons (Fsp3) is 0.235. The molecule has 1 N–H and O–H groups in total. The Bertz CT molecular complexity index is 644. The summed E-state index contributed by atoms with van der Waals surface area (Å²) >= 11 is 2.31. The maximum Gasteiger partial charge on any atom is 0.408 e. The van der Waals surface area contributed by atoms with Crippen LogP contribution >= 0.6 is 22.6 Å². The summed E-state index contributed by atoms with van der Waals surface area (Å²) in [5, 5.41) is 2.96. The number of hydrogen-bond acceptors (Lipinski definition) is 2. The Balaban J connectivity index is 1.96. The molecule has 1 aliphatic rings. The SMILES string of the molecule is C[C@H]1[C@@H](c2ccccc2I)NC(=O)O[C@H]1c1ccccc1. The van der Waals surface area contributed by atoms with Gasteiger partial charge in [-0.05, 0) is 39.8 Å². The van der Waals surface area contributed by atoms with Crippen molar-refractivity contribution in [3.8, 4) is 0 Å². The van der Waals surface area contributed by atoms with Crippen LogP contribution in [0.4, 0.5) is 4.79 Å². The minimum absolute atomic E-state index is 0.0374. The average molecular weight is 393 g/mol. The Hall–Kier alpha value is -1.56. The van der Waals surface area contributed by atoms with E-state index in [1.54, 1.807) is 0 Å². The number of alkyl carbamates (subject to hydrolysis) is 1. The molecule has 1 fully saturated rings. The number of rotatable bonds is 2. The summed E-state index contributed by atoms with van der Waals surface area (Å²) in [5.74, 6) is 0.154. The lowest BCUT2D eigenvalue weighted by molar-refractivity contribution is 0.0202. The topological polar surface area (TPSA) is 38.3 Å². The quantitative estimate of drug-likeness (QED) is 0.766. The van der Waals surface area contributed by atoms with Gasteiger partial charge in [0, 0.05) is 9.49 Å². The molecule has 1 amide bonds. The number of amides is 1. The number of benzene rings is 2. The number of carbonyl (C=O) groups is 1. The molecule has 0 aliphatic carbocycles. The van der Waals surface area contributed by atoms with Gasteiger partial charge in [-0.2, -0.15) is 0 Å². The van der Waals surface area contributed by atoms with Gasteiger partial charge in [-0.25, -0.2) is 4.79 Å². The smallest absolute Gasteiger partial charge is 0.408 e. The van der Waals surface area contributed by atoms with Gasteiger partial charge < -0.3 is 10.1 Å². The van der Waals surface area contributed by atoms with E-state index in [2.05, 4.69) is 47.0 Å².